The van der Waals surface area contributed by atoms with Crippen LogP contribution in [0.1, 0.15) is 16.7 Å². The average molecular weight is 374 g/mol. The van der Waals surface area contributed by atoms with Gasteiger partial charge in [-0.2, -0.15) is 9.97 Å². The molecule has 2 aromatic carbocycles. The van der Waals surface area contributed by atoms with E-state index in [2.05, 4.69) is 27.1 Å². The zero-order chi connectivity index (χ0) is 19.3. The van der Waals surface area contributed by atoms with Gasteiger partial charge in [0.15, 0.2) is 11.2 Å². The Kier molecular flexibility index (Phi) is 5.16. The first-order chi connectivity index (χ1) is 13.7. The van der Waals surface area contributed by atoms with E-state index in [4.69, 9.17) is 15.2 Å². The summed E-state index contributed by atoms with van der Waals surface area (Å²) in [5, 5.41) is 0. The lowest BCUT2D eigenvalue weighted by Gasteiger charge is -2.11. The molecule has 28 heavy (non-hydrogen) atoms. The van der Waals surface area contributed by atoms with Gasteiger partial charge in [0, 0.05) is 7.11 Å². The SMILES string of the molecule is [11CH3]OCc1ccccc1COc1nc(N)nc2c1ncn2Cc1ccccc1. The van der Waals surface area contributed by atoms with Crippen LogP contribution in [0.2, 0.25) is 0 Å². The van der Waals surface area contributed by atoms with Gasteiger partial charge < -0.3 is 19.8 Å². The third-order valence-electron chi connectivity index (χ3n) is 4.43. The Balaban J connectivity index is 1.61. The Bertz CT molecular complexity index is 1080. The van der Waals surface area contributed by atoms with E-state index in [1.54, 1.807) is 13.4 Å². The summed E-state index contributed by atoms with van der Waals surface area (Å²) >= 11 is 0. The molecular formula is C21H21N5O2. The summed E-state index contributed by atoms with van der Waals surface area (Å²) in [6.07, 6.45) is 1.73. The Hall–Kier alpha value is -3.45. The molecule has 0 aliphatic heterocycles. The topological polar surface area (TPSA) is 88.1 Å². The molecule has 0 amide bonds. The minimum atomic E-state index is 0.155. The maximum atomic E-state index is 5.97. The van der Waals surface area contributed by atoms with Crippen LogP contribution in [0.25, 0.3) is 11.2 Å². The highest BCUT2D eigenvalue weighted by Crippen LogP contribution is 2.24. The van der Waals surface area contributed by atoms with E-state index in [0.717, 1.165) is 16.7 Å². The van der Waals surface area contributed by atoms with Gasteiger partial charge in [-0.15, -0.1) is 0 Å². The predicted molar refractivity (Wildman–Crippen MR) is 107 cm³/mol. The molecule has 0 saturated heterocycles. The molecule has 0 aliphatic rings. The van der Waals surface area contributed by atoms with Gasteiger partial charge in [-0.25, -0.2) is 4.98 Å². The second-order valence-corrected chi connectivity index (χ2v) is 6.41. The number of anilines is 1. The number of imidazole rings is 1. The quantitative estimate of drug-likeness (QED) is 0.534. The molecule has 0 bridgehead atoms. The summed E-state index contributed by atoms with van der Waals surface area (Å²) in [5.41, 5.74) is 10.4. The summed E-state index contributed by atoms with van der Waals surface area (Å²) in [6, 6.07) is 18.1. The smallest absolute Gasteiger partial charge is 0.247 e. The lowest BCUT2D eigenvalue weighted by Crippen LogP contribution is -2.06. The number of hydrogen-bond acceptors (Lipinski definition) is 6. The molecule has 0 spiro atoms. The van der Waals surface area contributed by atoms with Crippen LogP contribution >= 0.6 is 0 Å². The maximum absolute atomic E-state index is 5.97. The van der Waals surface area contributed by atoms with Crippen molar-refractivity contribution in [2.24, 2.45) is 0 Å². The van der Waals surface area contributed by atoms with E-state index in [1.807, 2.05) is 47.0 Å². The molecule has 2 N–H and O–H groups in total. The summed E-state index contributed by atoms with van der Waals surface area (Å²) in [5.74, 6) is 0.531. The van der Waals surface area contributed by atoms with Crippen LogP contribution in [0.15, 0.2) is 60.9 Å². The van der Waals surface area contributed by atoms with Crippen LogP contribution in [0.3, 0.4) is 0 Å². The Morgan fingerprint density at radius 3 is 2.39 bits per heavy atom. The highest BCUT2D eigenvalue weighted by molar-refractivity contribution is 5.77. The molecule has 7 heteroatoms. The molecule has 2 heterocycles. The largest absolute Gasteiger partial charge is 0.471 e. The maximum Gasteiger partial charge on any atom is 0.247 e. The highest BCUT2D eigenvalue weighted by Gasteiger charge is 2.14. The Labute approximate surface area is 162 Å². The first kappa shape index (κ1) is 17.9. The second-order valence-electron chi connectivity index (χ2n) is 6.41. The van der Waals surface area contributed by atoms with Gasteiger partial charge in [0.2, 0.25) is 11.8 Å². The lowest BCUT2D eigenvalue weighted by molar-refractivity contribution is 0.182. The number of methoxy groups -OCH3 is 1. The number of aromatic nitrogens is 4. The standard InChI is InChI=1S/C21H21N5O2/c1-27-12-16-9-5-6-10-17(16)13-28-20-18-19(24-21(22)25-20)26(14-23-18)11-15-7-3-2-4-8-15/h2-10,14H,11-13H2,1H3,(H2,22,24,25)/i1-1. The van der Waals surface area contributed by atoms with Crippen molar-refractivity contribution in [1.82, 2.24) is 19.5 Å². The van der Waals surface area contributed by atoms with E-state index in [1.165, 1.54) is 0 Å². The fourth-order valence-corrected chi connectivity index (χ4v) is 3.07. The first-order valence-electron chi connectivity index (χ1n) is 8.95. The average Bonchev–Trinajstić information content (AvgIpc) is 3.11. The van der Waals surface area contributed by atoms with Gasteiger partial charge in [0.25, 0.3) is 0 Å². The molecule has 0 unspecified atom stereocenters. The van der Waals surface area contributed by atoms with Crippen LogP contribution in [0, 0.1) is 0 Å². The molecular weight excluding hydrogens is 353 g/mol. The monoisotopic (exact) mass is 374 g/mol. The zero-order valence-corrected chi connectivity index (χ0v) is 15.6. The minimum absolute atomic E-state index is 0.155. The fraction of sp³-hybridized carbons (Fsp3) is 0.190. The molecule has 0 radical (unpaired) electrons. The number of nitrogens with two attached hydrogens (primary N) is 1. The lowest BCUT2D eigenvalue weighted by atomic mass is 10.1. The van der Waals surface area contributed by atoms with Crippen LogP contribution in [0.4, 0.5) is 5.95 Å². The van der Waals surface area contributed by atoms with E-state index in [-0.39, 0.29) is 5.95 Å². The molecule has 0 fully saturated rings. The minimum Gasteiger partial charge on any atom is -0.471 e. The summed E-state index contributed by atoms with van der Waals surface area (Å²) in [7, 11) is 1.67. The number of hydrogen-bond donors (Lipinski definition) is 1. The van der Waals surface area contributed by atoms with E-state index >= 15 is 0 Å². The fourth-order valence-electron chi connectivity index (χ4n) is 3.07. The summed E-state index contributed by atoms with van der Waals surface area (Å²) in [4.78, 5) is 13.1. The number of nitrogens with zero attached hydrogens (tertiary/aromatic N) is 4. The van der Waals surface area contributed by atoms with Crippen LogP contribution in [-0.2, 0) is 24.5 Å². The van der Waals surface area contributed by atoms with Crippen LogP contribution < -0.4 is 10.5 Å². The molecule has 0 atom stereocenters. The number of ether oxygens (including phenoxy) is 2. The molecule has 0 saturated carbocycles. The third-order valence-corrected chi connectivity index (χ3v) is 4.43. The van der Waals surface area contributed by atoms with Crippen LogP contribution in [-0.4, -0.2) is 26.6 Å². The van der Waals surface area contributed by atoms with Crippen molar-refractivity contribution in [2.45, 2.75) is 19.8 Å². The summed E-state index contributed by atoms with van der Waals surface area (Å²) in [6.45, 7) is 1.51. The van der Waals surface area contributed by atoms with Gasteiger partial charge in [0.05, 0.1) is 19.5 Å². The van der Waals surface area contributed by atoms with Crippen molar-refractivity contribution in [3.63, 3.8) is 0 Å². The van der Waals surface area contributed by atoms with E-state index in [9.17, 15) is 0 Å². The molecule has 4 aromatic rings. The predicted octanol–water partition coefficient (Wildman–Crippen LogP) is 3.18. The molecule has 0 aliphatic carbocycles. The van der Waals surface area contributed by atoms with Gasteiger partial charge in [-0.3, -0.25) is 0 Å². The Morgan fingerprint density at radius 1 is 0.929 bits per heavy atom. The third kappa shape index (κ3) is 3.79. The van der Waals surface area contributed by atoms with E-state index < -0.39 is 0 Å². The van der Waals surface area contributed by atoms with Crippen molar-refractivity contribution in [3.8, 4) is 5.88 Å². The van der Waals surface area contributed by atoms with Crippen molar-refractivity contribution in [3.05, 3.63) is 77.6 Å². The molecule has 2 aromatic heterocycles. The van der Waals surface area contributed by atoms with E-state index in [0.29, 0.717) is 36.8 Å². The molecule has 7 nitrogen and oxygen atoms in total. The van der Waals surface area contributed by atoms with Crippen molar-refractivity contribution < 1.29 is 9.47 Å². The van der Waals surface area contributed by atoms with Crippen LogP contribution in [0.5, 0.6) is 5.88 Å². The molecule has 142 valence electrons. The molecule has 4 rings (SSSR count). The van der Waals surface area contributed by atoms with Gasteiger partial charge in [0.1, 0.15) is 6.61 Å². The Morgan fingerprint density at radius 2 is 1.64 bits per heavy atom. The number of benzene rings is 2. The van der Waals surface area contributed by atoms with Gasteiger partial charge >= 0.3 is 0 Å². The summed E-state index contributed by atoms with van der Waals surface area (Å²) < 4.78 is 13.2. The zero-order valence-electron chi connectivity index (χ0n) is 15.6. The number of rotatable bonds is 7. The highest BCUT2D eigenvalue weighted by atomic mass is 16.5. The van der Waals surface area contributed by atoms with Gasteiger partial charge in [-0.05, 0) is 16.7 Å². The second kappa shape index (κ2) is 8.06. The number of nitrogen functional groups attached to an aromatic ring is 1. The van der Waals surface area contributed by atoms with Crippen molar-refractivity contribution in [2.75, 3.05) is 12.8 Å². The number of fused-ring (bicyclic) bond motifs is 1. The van der Waals surface area contributed by atoms with Crippen molar-refractivity contribution in [1.29, 1.82) is 0 Å². The van der Waals surface area contributed by atoms with Crippen molar-refractivity contribution >= 4 is 17.1 Å². The first-order valence-corrected chi connectivity index (χ1v) is 8.95. The normalized spacial score (nSPS) is 11.0. The van der Waals surface area contributed by atoms with Gasteiger partial charge in [-0.1, -0.05) is 54.6 Å².